The second kappa shape index (κ2) is 8.80. The van der Waals surface area contributed by atoms with Crippen molar-refractivity contribution < 1.29 is 24.6 Å². The highest BCUT2D eigenvalue weighted by molar-refractivity contribution is 8.02. The molecule has 2 amide bonds. The number of β-lactam (4-membered cyclic amide) rings is 1. The molecule has 3 saturated heterocycles. The van der Waals surface area contributed by atoms with Crippen LogP contribution in [0.3, 0.4) is 0 Å². The van der Waals surface area contributed by atoms with Gasteiger partial charge in [0.2, 0.25) is 11.8 Å². The molecule has 0 aromatic heterocycles. The molecule has 4 heterocycles. The van der Waals surface area contributed by atoms with Crippen molar-refractivity contribution in [3.63, 3.8) is 0 Å². The minimum atomic E-state index is -1.32. The molecular weight excluding hydrogens is 448 g/mol. The summed E-state index contributed by atoms with van der Waals surface area (Å²) in [6.07, 6.45) is 1.04. The van der Waals surface area contributed by atoms with Crippen LogP contribution in [-0.2, 0) is 14.4 Å². The van der Waals surface area contributed by atoms with Crippen molar-refractivity contribution in [2.75, 3.05) is 26.2 Å². The molecule has 0 spiro atoms. The fourth-order valence-corrected chi connectivity index (χ4v) is 7.45. The lowest BCUT2D eigenvalue weighted by atomic mass is 9.76. The summed E-state index contributed by atoms with van der Waals surface area (Å²) in [4.78, 5) is 41.8. The summed E-state index contributed by atoms with van der Waals surface area (Å²) in [7, 11) is 0. The van der Waals surface area contributed by atoms with Crippen LogP contribution in [0.4, 0.5) is 0 Å². The molecule has 0 aliphatic carbocycles. The molecule has 4 aliphatic rings. The Morgan fingerprint density at radius 2 is 2.00 bits per heavy atom. The van der Waals surface area contributed by atoms with E-state index in [1.165, 1.54) is 16.7 Å². The number of rotatable bonds is 6. The zero-order valence-electron chi connectivity index (χ0n) is 18.8. The Kier molecular flexibility index (Phi) is 6.36. The standard InChI is InChI=1S/C21H32N6O5S/c1-10-14(17(29)25-12-4-7-26(8-5-12)20(22)23)15(18(30)31)27-16(10)21(11(2)28,19(27)32)33-13-3-6-24-9-13/h10-13,16,24,28H,3-9H2,1-2H3,(H3,22,23)(H,25,29)(H,30,31)/t10-,11?,13?,16+,21?/m1/s1. The number of aliphatic hydroxyl groups is 1. The molecular formula is C21H32N6O5S. The summed E-state index contributed by atoms with van der Waals surface area (Å²) >= 11 is 1.41. The van der Waals surface area contributed by atoms with Gasteiger partial charge in [-0.3, -0.25) is 19.9 Å². The third kappa shape index (κ3) is 3.77. The molecule has 5 atom stereocenters. The number of piperidine rings is 1. The van der Waals surface area contributed by atoms with E-state index in [4.69, 9.17) is 11.1 Å². The van der Waals surface area contributed by atoms with Gasteiger partial charge in [0.1, 0.15) is 10.4 Å². The number of hydrogen-bond donors (Lipinski definition) is 6. The Morgan fingerprint density at radius 1 is 1.33 bits per heavy atom. The van der Waals surface area contributed by atoms with Crippen molar-refractivity contribution >= 4 is 35.5 Å². The van der Waals surface area contributed by atoms with Gasteiger partial charge in [-0.1, -0.05) is 6.92 Å². The summed E-state index contributed by atoms with van der Waals surface area (Å²) in [6.45, 7) is 5.95. The number of guanidine groups is 1. The van der Waals surface area contributed by atoms with Crippen LogP contribution in [0, 0.1) is 11.3 Å². The molecule has 4 aliphatic heterocycles. The zero-order valence-corrected chi connectivity index (χ0v) is 19.7. The van der Waals surface area contributed by atoms with Gasteiger partial charge in [0.15, 0.2) is 5.96 Å². The number of aliphatic hydroxyl groups excluding tert-OH is 1. The normalized spacial score (nSPS) is 33.1. The SMILES string of the molecule is CC(O)C1(SC2CCNC2)C(=O)N2C(C(=O)O)=C(C(=O)NC3CCN(C(=N)N)CC3)[C@@H](C)[C@H]21. The fourth-order valence-electron chi connectivity index (χ4n) is 5.62. The highest BCUT2D eigenvalue weighted by atomic mass is 32.2. The molecule has 0 radical (unpaired) electrons. The van der Waals surface area contributed by atoms with E-state index in [0.29, 0.717) is 25.9 Å². The number of carboxylic acid groups (broad SMARTS) is 1. The lowest BCUT2D eigenvalue weighted by Gasteiger charge is -2.56. The molecule has 0 aromatic rings. The number of amides is 2. The van der Waals surface area contributed by atoms with Crippen molar-refractivity contribution in [3.05, 3.63) is 11.3 Å². The summed E-state index contributed by atoms with van der Waals surface area (Å²) in [5, 5.41) is 34.5. The van der Waals surface area contributed by atoms with Crippen LogP contribution >= 0.6 is 11.8 Å². The highest BCUT2D eigenvalue weighted by Gasteiger charge is 2.71. The van der Waals surface area contributed by atoms with E-state index in [9.17, 15) is 24.6 Å². The highest BCUT2D eigenvalue weighted by Crippen LogP contribution is 2.57. The lowest BCUT2D eigenvalue weighted by Crippen LogP contribution is -2.76. The Hall–Kier alpha value is -2.31. The first-order valence-corrected chi connectivity index (χ1v) is 12.2. The summed E-state index contributed by atoms with van der Waals surface area (Å²) < 4.78 is -1.17. The third-order valence-corrected chi connectivity index (χ3v) is 9.19. The Balaban J connectivity index is 1.56. The van der Waals surface area contributed by atoms with Crippen molar-refractivity contribution in [3.8, 4) is 0 Å². The van der Waals surface area contributed by atoms with Crippen LogP contribution in [-0.4, -0.2) is 98.1 Å². The number of thioether (sulfide) groups is 1. The first-order valence-electron chi connectivity index (χ1n) is 11.4. The summed E-state index contributed by atoms with van der Waals surface area (Å²) in [6, 6.07) is -0.769. The third-order valence-electron chi connectivity index (χ3n) is 7.31. The molecule has 0 saturated carbocycles. The monoisotopic (exact) mass is 480 g/mol. The number of nitrogens with one attached hydrogen (secondary N) is 3. The number of carbonyl (C=O) groups excluding carboxylic acids is 2. The lowest BCUT2D eigenvalue weighted by molar-refractivity contribution is -0.158. The smallest absolute Gasteiger partial charge is 0.353 e. The largest absolute Gasteiger partial charge is 0.477 e. The minimum absolute atomic E-state index is 0.00706. The topological polar surface area (TPSA) is 172 Å². The van der Waals surface area contributed by atoms with E-state index in [-0.39, 0.29) is 28.5 Å². The van der Waals surface area contributed by atoms with E-state index < -0.39 is 40.6 Å². The van der Waals surface area contributed by atoms with Crippen molar-refractivity contribution in [2.45, 2.75) is 61.3 Å². The molecule has 3 unspecified atom stereocenters. The van der Waals surface area contributed by atoms with Crippen LogP contribution in [0.15, 0.2) is 11.3 Å². The average Bonchev–Trinajstić information content (AvgIpc) is 3.36. The van der Waals surface area contributed by atoms with Gasteiger partial charge in [-0.15, -0.1) is 11.8 Å². The first-order chi connectivity index (χ1) is 15.6. The molecule has 0 bridgehead atoms. The van der Waals surface area contributed by atoms with Crippen molar-refractivity contribution in [1.29, 1.82) is 5.41 Å². The Morgan fingerprint density at radius 3 is 2.52 bits per heavy atom. The molecule has 11 nitrogen and oxygen atoms in total. The van der Waals surface area contributed by atoms with Crippen LogP contribution in [0.2, 0.25) is 0 Å². The predicted molar refractivity (Wildman–Crippen MR) is 122 cm³/mol. The van der Waals surface area contributed by atoms with Crippen LogP contribution in [0.25, 0.3) is 0 Å². The van der Waals surface area contributed by atoms with E-state index in [1.807, 2.05) is 0 Å². The number of likely N-dealkylation sites (tertiary alicyclic amines) is 1. The Bertz CT molecular complexity index is 896. The first kappa shape index (κ1) is 23.8. The number of nitrogens with zero attached hydrogens (tertiary/aromatic N) is 2. The van der Waals surface area contributed by atoms with E-state index in [2.05, 4.69) is 10.6 Å². The number of nitrogens with two attached hydrogens (primary N) is 1. The molecule has 12 heteroatoms. The van der Waals surface area contributed by atoms with Gasteiger partial charge in [0.25, 0.3) is 0 Å². The molecule has 182 valence electrons. The molecule has 33 heavy (non-hydrogen) atoms. The van der Waals surface area contributed by atoms with Gasteiger partial charge in [-0.05, 0) is 32.7 Å². The zero-order chi connectivity index (χ0) is 24.1. The second-order valence-electron chi connectivity index (χ2n) is 9.30. The van der Waals surface area contributed by atoms with Crippen LogP contribution in [0.1, 0.15) is 33.1 Å². The quantitative estimate of drug-likeness (QED) is 0.156. The van der Waals surface area contributed by atoms with Crippen molar-refractivity contribution in [2.24, 2.45) is 11.7 Å². The fraction of sp³-hybridized carbons (Fsp3) is 0.714. The van der Waals surface area contributed by atoms with Crippen LogP contribution in [0.5, 0.6) is 0 Å². The molecule has 4 rings (SSSR count). The van der Waals surface area contributed by atoms with E-state index in [0.717, 1.165) is 19.5 Å². The minimum Gasteiger partial charge on any atom is -0.477 e. The molecule has 7 N–H and O–H groups in total. The predicted octanol–water partition coefficient (Wildman–Crippen LogP) is -1.13. The van der Waals surface area contributed by atoms with Gasteiger partial charge in [0, 0.05) is 36.8 Å². The van der Waals surface area contributed by atoms with Gasteiger partial charge >= 0.3 is 5.97 Å². The summed E-state index contributed by atoms with van der Waals surface area (Å²) in [5.74, 6) is -2.80. The van der Waals surface area contributed by atoms with Gasteiger partial charge in [-0.2, -0.15) is 0 Å². The maximum atomic E-state index is 13.4. The van der Waals surface area contributed by atoms with Gasteiger partial charge < -0.3 is 31.5 Å². The number of carboxylic acids is 1. The molecule has 0 aromatic carbocycles. The molecule has 3 fully saturated rings. The van der Waals surface area contributed by atoms with Crippen molar-refractivity contribution in [1.82, 2.24) is 20.4 Å². The Labute approximate surface area is 196 Å². The number of fused-ring (bicyclic) bond motifs is 1. The van der Waals surface area contributed by atoms with Gasteiger partial charge in [-0.25, -0.2) is 4.79 Å². The summed E-state index contributed by atoms with van der Waals surface area (Å²) in [5.41, 5.74) is 5.33. The number of hydrogen-bond acceptors (Lipinski definition) is 7. The maximum absolute atomic E-state index is 13.4. The maximum Gasteiger partial charge on any atom is 0.353 e. The number of carbonyl (C=O) groups is 3. The number of aliphatic carboxylic acids is 1. The second-order valence-corrected chi connectivity index (χ2v) is 10.9. The van der Waals surface area contributed by atoms with E-state index >= 15 is 0 Å². The van der Waals surface area contributed by atoms with Gasteiger partial charge in [0.05, 0.1) is 17.7 Å². The van der Waals surface area contributed by atoms with E-state index in [1.54, 1.807) is 18.7 Å². The average molecular weight is 481 g/mol. The van der Waals surface area contributed by atoms with Crippen LogP contribution < -0.4 is 16.4 Å².